The normalized spacial score (nSPS) is 10.2. The van der Waals surface area contributed by atoms with E-state index in [-0.39, 0.29) is 18.9 Å². The van der Waals surface area contributed by atoms with Crippen LogP contribution in [0.1, 0.15) is 0 Å². The molecule has 0 aromatic heterocycles. The maximum atomic E-state index is 9.99. The smallest absolute Gasteiger partial charge is 0.627 e. The van der Waals surface area contributed by atoms with Gasteiger partial charge in [-0.15, -0.1) is 0 Å². The molecule has 3 nitrogen and oxygen atoms in total. The van der Waals surface area contributed by atoms with Gasteiger partial charge in [0.1, 0.15) is 12.0 Å². The van der Waals surface area contributed by atoms with Crippen LogP contribution in [0.2, 0.25) is 0 Å². The van der Waals surface area contributed by atoms with Gasteiger partial charge >= 0.3 is 18.9 Å². The Morgan fingerprint density at radius 1 is 1.33 bits per heavy atom. The van der Waals surface area contributed by atoms with E-state index in [4.69, 9.17) is 9.84 Å². The van der Waals surface area contributed by atoms with Crippen LogP contribution in [0, 0.1) is 0 Å². The zero-order valence-electron chi connectivity index (χ0n) is 6.73. The van der Waals surface area contributed by atoms with Crippen molar-refractivity contribution in [2.75, 3.05) is 0 Å². The summed E-state index contributed by atoms with van der Waals surface area (Å²) in [5.74, 6) is -0.566. The third-order valence-corrected chi connectivity index (χ3v) is 1.04. The quantitative estimate of drug-likeness (QED) is 0.392. The molecule has 1 N–H and O–H groups in total. The minimum Gasteiger partial charge on any atom is -0.627 e. The van der Waals surface area contributed by atoms with Crippen molar-refractivity contribution in [2.24, 2.45) is 0 Å². The second-order valence-corrected chi connectivity index (χ2v) is 1.89. The van der Waals surface area contributed by atoms with E-state index in [1.54, 1.807) is 24.3 Å². The molecule has 0 atom stereocenters. The first kappa shape index (κ1) is 11.0. The minimum atomic E-state index is -1.09. The summed E-state index contributed by atoms with van der Waals surface area (Å²) >= 11 is 0. The van der Waals surface area contributed by atoms with E-state index < -0.39 is 5.95 Å². The van der Waals surface area contributed by atoms with E-state index in [0.29, 0.717) is 5.75 Å². The van der Waals surface area contributed by atoms with Crippen molar-refractivity contribution in [2.45, 2.75) is 0 Å². The molecule has 0 amide bonds. The van der Waals surface area contributed by atoms with Crippen molar-refractivity contribution < 1.29 is 33.8 Å². The molecule has 0 unspecified atom stereocenters. The summed E-state index contributed by atoms with van der Waals surface area (Å²) in [5.41, 5.74) is 0. The molecular weight excluding hydrogens is 151 g/mol. The Morgan fingerprint density at radius 3 is 2.42 bits per heavy atom. The number of aliphatic hydroxyl groups excluding tert-OH is 1. The third kappa shape index (κ3) is 3.97. The summed E-state index contributed by atoms with van der Waals surface area (Å²) in [5, 5.41) is 18.2. The van der Waals surface area contributed by atoms with E-state index >= 15 is 0 Å². The van der Waals surface area contributed by atoms with Gasteiger partial charge in [0.2, 0.25) is 0 Å². The number of para-hydroxylation sites is 1. The van der Waals surface area contributed by atoms with E-state index in [1.807, 2.05) is 6.07 Å². The van der Waals surface area contributed by atoms with Crippen molar-refractivity contribution >= 4 is 0 Å². The average molecular weight is 158 g/mol. The van der Waals surface area contributed by atoms with Crippen LogP contribution in [0.3, 0.4) is 0 Å². The van der Waals surface area contributed by atoms with Crippen LogP contribution in [0.15, 0.2) is 42.5 Å². The standard InChI is InChI=1S/C8H8O3.Li/c9-8(10)6-11-7-4-2-1-3-5-7;/h1-6,9-10H;/q;+1/p-1. The van der Waals surface area contributed by atoms with E-state index in [1.165, 1.54) is 0 Å². The Labute approximate surface area is 82.5 Å². The van der Waals surface area contributed by atoms with Crippen LogP contribution in [0.5, 0.6) is 5.75 Å². The second kappa shape index (κ2) is 5.59. The fraction of sp³-hybridized carbons (Fsp3) is 0. The van der Waals surface area contributed by atoms with Crippen LogP contribution < -0.4 is 28.7 Å². The third-order valence-electron chi connectivity index (χ3n) is 1.04. The van der Waals surface area contributed by atoms with E-state index in [9.17, 15) is 5.11 Å². The number of aliphatic hydroxyl groups is 1. The van der Waals surface area contributed by atoms with Gasteiger partial charge in [-0.2, -0.15) is 0 Å². The van der Waals surface area contributed by atoms with Gasteiger partial charge in [0.15, 0.2) is 0 Å². The monoisotopic (exact) mass is 158 g/mol. The molecule has 1 aromatic carbocycles. The van der Waals surface area contributed by atoms with Gasteiger partial charge in [-0.3, -0.25) is 0 Å². The summed E-state index contributed by atoms with van der Waals surface area (Å²) in [6, 6.07) is 8.72. The predicted octanol–water partition coefficient (Wildman–Crippen LogP) is -2.21. The topological polar surface area (TPSA) is 52.5 Å². The van der Waals surface area contributed by atoms with Gasteiger partial charge in [-0.25, -0.2) is 0 Å². The van der Waals surface area contributed by atoms with Crippen LogP contribution in [-0.2, 0) is 0 Å². The molecule has 0 heterocycles. The van der Waals surface area contributed by atoms with E-state index in [2.05, 4.69) is 0 Å². The minimum absolute atomic E-state index is 0. The molecule has 0 aliphatic rings. The number of hydrogen-bond donors (Lipinski definition) is 1. The molecule has 0 bridgehead atoms. The van der Waals surface area contributed by atoms with Crippen molar-refractivity contribution in [3.8, 4) is 5.75 Å². The molecule has 0 radical (unpaired) electrons. The molecule has 0 saturated heterocycles. The molecule has 0 aliphatic heterocycles. The second-order valence-electron chi connectivity index (χ2n) is 1.89. The van der Waals surface area contributed by atoms with Gasteiger partial charge < -0.3 is 14.9 Å². The van der Waals surface area contributed by atoms with Gasteiger partial charge in [-0.05, 0) is 12.1 Å². The molecule has 1 rings (SSSR count). The Kier molecular flexibility index (Phi) is 5.10. The molecular formula is C8H7LiO3. The molecule has 12 heavy (non-hydrogen) atoms. The molecule has 0 saturated carbocycles. The number of benzene rings is 1. The van der Waals surface area contributed by atoms with Crippen molar-refractivity contribution in [1.82, 2.24) is 0 Å². The SMILES string of the molecule is [Li+].[O-]C(O)=COc1ccccc1. The maximum absolute atomic E-state index is 9.99. The fourth-order valence-corrected chi connectivity index (χ4v) is 0.618. The maximum Gasteiger partial charge on any atom is 1.00 e. The Morgan fingerprint density at radius 2 is 1.92 bits per heavy atom. The first-order valence-electron chi connectivity index (χ1n) is 3.07. The molecule has 0 fully saturated rings. The predicted molar refractivity (Wildman–Crippen MR) is 37.8 cm³/mol. The Hall–Kier alpha value is -1.04. The summed E-state index contributed by atoms with van der Waals surface area (Å²) < 4.78 is 4.74. The molecule has 4 heteroatoms. The van der Waals surface area contributed by atoms with Crippen LogP contribution in [0.25, 0.3) is 0 Å². The van der Waals surface area contributed by atoms with Gasteiger partial charge in [-0.1, -0.05) is 18.2 Å². The van der Waals surface area contributed by atoms with E-state index in [0.717, 1.165) is 6.26 Å². The first-order valence-corrected chi connectivity index (χ1v) is 3.07. The first-order chi connectivity index (χ1) is 5.29. The molecule has 1 aromatic rings. The fourth-order valence-electron chi connectivity index (χ4n) is 0.618. The number of hydrogen-bond acceptors (Lipinski definition) is 3. The van der Waals surface area contributed by atoms with Crippen molar-refractivity contribution in [3.05, 3.63) is 42.5 Å². The largest absolute Gasteiger partial charge is 1.00 e. The number of ether oxygens (including phenoxy) is 1. The van der Waals surface area contributed by atoms with Crippen molar-refractivity contribution in [3.63, 3.8) is 0 Å². The zero-order valence-corrected chi connectivity index (χ0v) is 6.73. The molecule has 58 valence electrons. The summed E-state index contributed by atoms with van der Waals surface area (Å²) in [6.45, 7) is 0. The van der Waals surface area contributed by atoms with Gasteiger partial charge in [0, 0.05) is 0 Å². The Balaban J connectivity index is 0.00000121. The summed E-state index contributed by atoms with van der Waals surface area (Å²) in [4.78, 5) is 0. The summed E-state index contributed by atoms with van der Waals surface area (Å²) in [6.07, 6.45) is 0.745. The zero-order chi connectivity index (χ0) is 8.10. The summed E-state index contributed by atoms with van der Waals surface area (Å²) in [7, 11) is 0. The molecule has 0 aliphatic carbocycles. The van der Waals surface area contributed by atoms with Gasteiger partial charge in [0.25, 0.3) is 0 Å². The van der Waals surface area contributed by atoms with Crippen LogP contribution >= 0.6 is 0 Å². The Bertz CT molecular complexity index is 242. The van der Waals surface area contributed by atoms with Gasteiger partial charge in [0.05, 0.1) is 5.95 Å². The molecule has 0 spiro atoms. The number of rotatable bonds is 2. The van der Waals surface area contributed by atoms with Crippen LogP contribution in [-0.4, -0.2) is 5.11 Å². The van der Waals surface area contributed by atoms with Crippen molar-refractivity contribution in [1.29, 1.82) is 0 Å². The van der Waals surface area contributed by atoms with Crippen LogP contribution in [0.4, 0.5) is 0 Å². The average Bonchev–Trinajstić information content (AvgIpc) is 2.03.